The molecule has 8 nitrogen and oxygen atoms in total. The Morgan fingerprint density at radius 2 is 1.71 bits per heavy atom. The summed E-state index contributed by atoms with van der Waals surface area (Å²) in [4.78, 5) is 28.9. The van der Waals surface area contributed by atoms with E-state index in [9.17, 15) is 9.59 Å². The number of ether oxygens (including phenoxy) is 4. The van der Waals surface area contributed by atoms with E-state index in [0.29, 0.717) is 56.9 Å². The first-order valence-corrected chi connectivity index (χ1v) is 12.1. The number of benzene rings is 2. The third-order valence-corrected chi connectivity index (χ3v) is 6.11. The van der Waals surface area contributed by atoms with Crippen LogP contribution in [0.25, 0.3) is 0 Å². The lowest BCUT2D eigenvalue weighted by molar-refractivity contribution is 0.0258. The van der Waals surface area contributed by atoms with Crippen molar-refractivity contribution in [3.63, 3.8) is 0 Å². The summed E-state index contributed by atoms with van der Waals surface area (Å²) in [5.41, 5.74) is 3.40. The molecular formula is C27H34N2O6. The van der Waals surface area contributed by atoms with E-state index in [1.54, 1.807) is 16.9 Å². The number of rotatable bonds is 4. The fourth-order valence-corrected chi connectivity index (χ4v) is 4.37. The monoisotopic (exact) mass is 482 g/mol. The summed E-state index contributed by atoms with van der Waals surface area (Å²) in [6, 6.07) is 11.7. The summed E-state index contributed by atoms with van der Waals surface area (Å²) in [6.07, 6.45) is 1.25. The molecule has 2 aromatic carbocycles. The van der Waals surface area contributed by atoms with E-state index in [1.165, 1.54) is 0 Å². The third kappa shape index (κ3) is 5.99. The summed E-state index contributed by atoms with van der Waals surface area (Å²) in [5, 5.41) is 0. The van der Waals surface area contributed by atoms with Gasteiger partial charge in [0.15, 0.2) is 0 Å². The highest BCUT2D eigenvalue weighted by Crippen LogP contribution is 2.36. The number of carbonyl (C=O) groups is 2. The van der Waals surface area contributed by atoms with Gasteiger partial charge >= 0.3 is 12.2 Å². The predicted molar refractivity (Wildman–Crippen MR) is 133 cm³/mol. The molecule has 0 unspecified atom stereocenters. The van der Waals surface area contributed by atoms with Crippen LogP contribution in [0.1, 0.15) is 37.5 Å². The van der Waals surface area contributed by atoms with Crippen molar-refractivity contribution < 1.29 is 28.5 Å². The van der Waals surface area contributed by atoms with Gasteiger partial charge in [-0.1, -0.05) is 18.2 Å². The largest absolute Gasteiger partial charge is 0.496 e. The molecule has 2 aliphatic rings. The molecule has 0 spiro atoms. The van der Waals surface area contributed by atoms with Crippen LogP contribution in [0.2, 0.25) is 0 Å². The van der Waals surface area contributed by atoms with Crippen molar-refractivity contribution in [1.82, 2.24) is 4.90 Å². The SMILES string of the molecule is COc1ccccc1CCOC(=O)N1CCOc2cc3c(cc21)CCN(C(=O)OC(C)(C)C)CC3. The predicted octanol–water partition coefficient (Wildman–Crippen LogP) is 4.61. The van der Waals surface area contributed by atoms with Crippen molar-refractivity contribution >= 4 is 17.9 Å². The minimum Gasteiger partial charge on any atom is -0.496 e. The number of nitrogens with zero attached hydrogens (tertiary/aromatic N) is 2. The fourth-order valence-electron chi connectivity index (χ4n) is 4.37. The molecule has 0 fully saturated rings. The van der Waals surface area contributed by atoms with Crippen LogP contribution >= 0.6 is 0 Å². The lowest BCUT2D eigenvalue weighted by Gasteiger charge is -2.30. The van der Waals surface area contributed by atoms with Crippen LogP contribution in [-0.4, -0.2) is 62.6 Å². The second-order valence-corrected chi connectivity index (χ2v) is 9.73. The highest BCUT2D eigenvalue weighted by Gasteiger charge is 2.29. The zero-order chi connectivity index (χ0) is 25.0. The summed E-state index contributed by atoms with van der Waals surface area (Å²) >= 11 is 0. The molecule has 0 aromatic heterocycles. The number of hydrogen-bond donors (Lipinski definition) is 0. The average Bonchev–Trinajstić information content (AvgIpc) is 3.03. The van der Waals surface area contributed by atoms with Crippen molar-refractivity contribution in [2.75, 3.05) is 44.9 Å². The highest BCUT2D eigenvalue weighted by molar-refractivity contribution is 5.90. The Balaban J connectivity index is 1.43. The summed E-state index contributed by atoms with van der Waals surface area (Å²) in [7, 11) is 1.63. The van der Waals surface area contributed by atoms with Crippen LogP contribution in [0.4, 0.5) is 15.3 Å². The molecule has 2 heterocycles. The number of para-hydroxylation sites is 1. The van der Waals surface area contributed by atoms with Gasteiger partial charge in [-0.05, 0) is 68.5 Å². The second kappa shape index (κ2) is 10.5. The first-order chi connectivity index (χ1) is 16.7. The Hall–Kier alpha value is -3.42. The molecule has 0 saturated carbocycles. The summed E-state index contributed by atoms with van der Waals surface area (Å²) < 4.78 is 22.4. The molecule has 0 N–H and O–H groups in total. The topological polar surface area (TPSA) is 77.5 Å². The first kappa shape index (κ1) is 24.7. The fraction of sp³-hybridized carbons (Fsp3) is 0.481. The van der Waals surface area contributed by atoms with E-state index < -0.39 is 11.7 Å². The maximum absolute atomic E-state index is 13.0. The minimum atomic E-state index is -0.532. The Bertz CT molecular complexity index is 1080. The van der Waals surface area contributed by atoms with Gasteiger partial charge in [-0.25, -0.2) is 9.59 Å². The molecular weight excluding hydrogens is 448 g/mol. The molecule has 0 bridgehead atoms. The Kier molecular flexibility index (Phi) is 7.38. The lowest BCUT2D eigenvalue weighted by atomic mass is 10.0. The molecule has 0 aliphatic carbocycles. The molecule has 35 heavy (non-hydrogen) atoms. The van der Waals surface area contributed by atoms with Crippen molar-refractivity contribution in [2.24, 2.45) is 0 Å². The van der Waals surface area contributed by atoms with Gasteiger partial charge < -0.3 is 23.8 Å². The van der Waals surface area contributed by atoms with Crippen molar-refractivity contribution in [3.05, 3.63) is 53.1 Å². The minimum absolute atomic E-state index is 0.252. The van der Waals surface area contributed by atoms with Crippen LogP contribution in [0.5, 0.6) is 11.5 Å². The van der Waals surface area contributed by atoms with Gasteiger partial charge in [-0.2, -0.15) is 0 Å². The van der Waals surface area contributed by atoms with Crippen LogP contribution in [0, 0.1) is 0 Å². The molecule has 2 aromatic rings. The Labute approximate surface area is 206 Å². The average molecular weight is 483 g/mol. The number of hydrogen-bond acceptors (Lipinski definition) is 6. The third-order valence-electron chi connectivity index (χ3n) is 6.11. The van der Waals surface area contributed by atoms with Crippen LogP contribution in [0.3, 0.4) is 0 Å². The van der Waals surface area contributed by atoms with Gasteiger partial charge in [-0.15, -0.1) is 0 Å². The van der Waals surface area contributed by atoms with E-state index in [-0.39, 0.29) is 12.7 Å². The van der Waals surface area contributed by atoms with E-state index in [4.69, 9.17) is 18.9 Å². The number of methoxy groups -OCH3 is 1. The second-order valence-electron chi connectivity index (χ2n) is 9.73. The van der Waals surface area contributed by atoms with Gasteiger partial charge in [0.2, 0.25) is 0 Å². The number of amides is 2. The maximum atomic E-state index is 13.0. The van der Waals surface area contributed by atoms with E-state index in [0.717, 1.165) is 22.4 Å². The zero-order valence-electron chi connectivity index (χ0n) is 21.0. The van der Waals surface area contributed by atoms with Gasteiger partial charge in [0.25, 0.3) is 0 Å². The van der Waals surface area contributed by atoms with Gasteiger partial charge in [0, 0.05) is 19.5 Å². The highest BCUT2D eigenvalue weighted by atomic mass is 16.6. The molecule has 2 aliphatic heterocycles. The summed E-state index contributed by atoms with van der Waals surface area (Å²) in [5.74, 6) is 1.45. The molecule has 2 amide bonds. The Morgan fingerprint density at radius 1 is 1.00 bits per heavy atom. The van der Waals surface area contributed by atoms with E-state index in [2.05, 4.69) is 0 Å². The zero-order valence-corrected chi connectivity index (χ0v) is 21.0. The van der Waals surface area contributed by atoms with Crippen molar-refractivity contribution in [2.45, 2.75) is 45.6 Å². The lowest BCUT2D eigenvalue weighted by Crippen LogP contribution is -2.38. The van der Waals surface area contributed by atoms with Crippen LogP contribution in [-0.2, 0) is 28.7 Å². The Morgan fingerprint density at radius 3 is 2.43 bits per heavy atom. The van der Waals surface area contributed by atoms with E-state index >= 15 is 0 Å². The maximum Gasteiger partial charge on any atom is 0.414 e. The number of fused-ring (bicyclic) bond motifs is 2. The molecule has 0 atom stereocenters. The molecule has 0 radical (unpaired) electrons. The number of carbonyl (C=O) groups excluding carboxylic acids is 2. The quantitative estimate of drug-likeness (QED) is 0.634. The normalized spacial score (nSPS) is 15.3. The van der Waals surface area contributed by atoms with Gasteiger partial charge in [0.05, 0.1) is 25.9 Å². The first-order valence-electron chi connectivity index (χ1n) is 12.1. The molecule has 4 rings (SSSR count). The summed E-state index contributed by atoms with van der Waals surface area (Å²) in [6.45, 7) is 7.81. The smallest absolute Gasteiger partial charge is 0.414 e. The van der Waals surface area contributed by atoms with E-state index in [1.807, 2.05) is 57.2 Å². The molecule has 0 saturated heterocycles. The standard InChI is InChI=1S/C27H34N2O6/c1-27(2,3)35-25(30)28-12-9-20-17-22-24(18-21(20)10-13-28)33-16-14-29(22)26(31)34-15-11-19-7-5-6-8-23(19)32-4/h5-8,17-18H,9-16H2,1-4H3. The number of anilines is 1. The van der Waals surface area contributed by atoms with Crippen LogP contribution < -0.4 is 14.4 Å². The van der Waals surface area contributed by atoms with Crippen molar-refractivity contribution in [3.8, 4) is 11.5 Å². The van der Waals surface area contributed by atoms with Crippen LogP contribution in [0.15, 0.2) is 36.4 Å². The molecule has 188 valence electrons. The molecule has 8 heteroatoms. The van der Waals surface area contributed by atoms with Gasteiger partial charge in [0.1, 0.15) is 23.7 Å². The van der Waals surface area contributed by atoms with Crippen molar-refractivity contribution in [1.29, 1.82) is 0 Å². The van der Waals surface area contributed by atoms with Gasteiger partial charge in [-0.3, -0.25) is 4.90 Å².